The fourth-order valence-corrected chi connectivity index (χ4v) is 3.60. The molecule has 2 aromatic rings. The van der Waals surface area contributed by atoms with Crippen molar-refractivity contribution >= 4 is 15.9 Å². The lowest BCUT2D eigenvalue weighted by molar-refractivity contribution is 0.0954. The van der Waals surface area contributed by atoms with Crippen LogP contribution in [-0.2, 0) is 21.9 Å². The van der Waals surface area contributed by atoms with Crippen molar-refractivity contribution in [3.63, 3.8) is 0 Å². The topological polar surface area (TPSA) is 89.3 Å². The van der Waals surface area contributed by atoms with E-state index < -0.39 is 10.0 Å². The molecule has 3 N–H and O–H groups in total. The first-order valence-corrected chi connectivity index (χ1v) is 10.5. The molecule has 1 amide bonds. The van der Waals surface area contributed by atoms with Gasteiger partial charge in [-0.15, -0.1) is 0 Å². The third-order valence-corrected chi connectivity index (χ3v) is 5.56. The van der Waals surface area contributed by atoms with E-state index in [0.717, 1.165) is 0 Å². The maximum atomic E-state index is 12.3. The molecule has 2 rings (SSSR count). The molecule has 27 heavy (non-hydrogen) atoms. The Labute approximate surface area is 162 Å². The van der Waals surface area contributed by atoms with Crippen LogP contribution in [0.3, 0.4) is 0 Å². The Morgan fingerprint density at radius 1 is 1.07 bits per heavy atom. The Hall–Kier alpha value is -2.18. The standard InChI is InChI=1S/C21H28N2O3S/c1-14-11-17(21(3,4)5)12-15(2)19(14)9-10-23-20(24)16-7-6-8-18(13-16)27(22,25)26/h6-8,11-13H,9-10H2,1-5H3,(H,23,24)(H2,22,25,26). The van der Waals surface area contributed by atoms with E-state index >= 15 is 0 Å². The molecule has 0 aliphatic rings. The maximum absolute atomic E-state index is 12.3. The molecule has 0 atom stereocenters. The molecule has 2 aromatic carbocycles. The molecule has 0 fully saturated rings. The van der Waals surface area contributed by atoms with Gasteiger partial charge in [-0.05, 0) is 66.1 Å². The van der Waals surface area contributed by atoms with Gasteiger partial charge >= 0.3 is 0 Å². The van der Waals surface area contributed by atoms with Crippen LogP contribution in [0.25, 0.3) is 0 Å². The zero-order valence-corrected chi connectivity index (χ0v) is 17.4. The van der Waals surface area contributed by atoms with Crippen LogP contribution < -0.4 is 10.5 Å². The van der Waals surface area contributed by atoms with Crippen LogP contribution in [0.2, 0.25) is 0 Å². The molecule has 6 heteroatoms. The minimum absolute atomic E-state index is 0.0698. The third-order valence-electron chi connectivity index (χ3n) is 4.65. The van der Waals surface area contributed by atoms with Crippen molar-refractivity contribution in [2.45, 2.75) is 51.3 Å². The van der Waals surface area contributed by atoms with Crippen LogP contribution in [0.5, 0.6) is 0 Å². The average molecular weight is 389 g/mol. The summed E-state index contributed by atoms with van der Waals surface area (Å²) in [6.45, 7) is 11.2. The molecular formula is C21H28N2O3S. The van der Waals surface area contributed by atoms with E-state index in [-0.39, 0.29) is 21.8 Å². The number of rotatable bonds is 5. The van der Waals surface area contributed by atoms with E-state index in [9.17, 15) is 13.2 Å². The van der Waals surface area contributed by atoms with Crippen LogP contribution >= 0.6 is 0 Å². The van der Waals surface area contributed by atoms with Gasteiger partial charge in [0.15, 0.2) is 0 Å². The molecule has 146 valence electrons. The summed E-state index contributed by atoms with van der Waals surface area (Å²) in [7, 11) is -3.83. The third kappa shape index (κ3) is 5.40. The minimum Gasteiger partial charge on any atom is -0.352 e. The molecule has 0 aromatic heterocycles. The largest absolute Gasteiger partial charge is 0.352 e. The lowest BCUT2D eigenvalue weighted by Gasteiger charge is -2.22. The molecular weight excluding hydrogens is 360 g/mol. The zero-order valence-electron chi connectivity index (χ0n) is 16.6. The van der Waals surface area contributed by atoms with Gasteiger partial charge in [0.1, 0.15) is 0 Å². The van der Waals surface area contributed by atoms with Gasteiger partial charge < -0.3 is 5.32 Å². The monoisotopic (exact) mass is 388 g/mol. The van der Waals surface area contributed by atoms with Crippen molar-refractivity contribution in [2.75, 3.05) is 6.54 Å². The molecule has 0 radical (unpaired) electrons. The highest BCUT2D eigenvalue weighted by Crippen LogP contribution is 2.27. The minimum atomic E-state index is -3.83. The fraction of sp³-hybridized carbons (Fsp3) is 0.381. The highest BCUT2D eigenvalue weighted by Gasteiger charge is 2.16. The number of nitrogens with one attached hydrogen (secondary N) is 1. The number of hydrogen-bond acceptors (Lipinski definition) is 3. The highest BCUT2D eigenvalue weighted by atomic mass is 32.2. The highest BCUT2D eigenvalue weighted by molar-refractivity contribution is 7.89. The molecule has 0 aliphatic heterocycles. The van der Waals surface area contributed by atoms with Crippen molar-refractivity contribution < 1.29 is 13.2 Å². The number of hydrogen-bond donors (Lipinski definition) is 2. The lowest BCUT2D eigenvalue weighted by Crippen LogP contribution is -2.26. The number of sulfonamides is 1. The molecule has 0 saturated carbocycles. The number of primary sulfonamides is 1. The number of aryl methyl sites for hydroxylation is 2. The van der Waals surface area contributed by atoms with Gasteiger partial charge in [0, 0.05) is 12.1 Å². The van der Waals surface area contributed by atoms with E-state index in [1.807, 2.05) is 0 Å². The second-order valence-corrected chi connectivity index (χ2v) is 9.48. The molecule has 0 saturated heterocycles. The zero-order chi connectivity index (χ0) is 20.4. The van der Waals surface area contributed by atoms with Crippen LogP contribution in [0.1, 0.15) is 53.4 Å². The van der Waals surface area contributed by atoms with Gasteiger partial charge in [-0.2, -0.15) is 0 Å². The van der Waals surface area contributed by atoms with E-state index in [1.54, 1.807) is 6.07 Å². The number of nitrogens with two attached hydrogens (primary N) is 1. The van der Waals surface area contributed by atoms with E-state index in [0.29, 0.717) is 13.0 Å². The predicted octanol–water partition coefficient (Wildman–Crippen LogP) is 3.22. The van der Waals surface area contributed by atoms with E-state index in [2.05, 4.69) is 52.1 Å². The first kappa shape index (κ1) is 21.1. The maximum Gasteiger partial charge on any atom is 0.251 e. The first-order chi connectivity index (χ1) is 12.4. The van der Waals surface area contributed by atoms with Gasteiger partial charge in [0.2, 0.25) is 10.0 Å². The summed E-state index contributed by atoms with van der Waals surface area (Å²) in [5.41, 5.74) is 5.32. The molecule has 0 unspecified atom stereocenters. The summed E-state index contributed by atoms with van der Waals surface area (Å²) in [6.07, 6.45) is 0.711. The Kier molecular flexibility index (Phi) is 6.12. The average Bonchev–Trinajstić information content (AvgIpc) is 2.55. The summed E-state index contributed by atoms with van der Waals surface area (Å²) in [5.74, 6) is -0.317. The van der Waals surface area contributed by atoms with Gasteiger partial charge in [0.05, 0.1) is 4.90 Å². The Morgan fingerprint density at radius 3 is 2.19 bits per heavy atom. The Morgan fingerprint density at radius 2 is 1.67 bits per heavy atom. The van der Waals surface area contributed by atoms with Crippen LogP contribution in [0.15, 0.2) is 41.3 Å². The lowest BCUT2D eigenvalue weighted by atomic mass is 9.83. The second-order valence-electron chi connectivity index (χ2n) is 7.92. The van der Waals surface area contributed by atoms with E-state index in [4.69, 9.17) is 5.14 Å². The second kappa shape index (κ2) is 7.82. The predicted molar refractivity (Wildman–Crippen MR) is 108 cm³/mol. The quantitative estimate of drug-likeness (QED) is 0.824. The SMILES string of the molecule is Cc1cc(C(C)(C)C)cc(C)c1CCNC(=O)c1cccc(S(N)(=O)=O)c1. The normalized spacial score (nSPS) is 12.1. The van der Waals surface area contributed by atoms with Crippen LogP contribution in [-0.4, -0.2) is 20.9 Å². The van der Waals surface area contributed by atoms with Crippen LogP contribution in [0, 0.1) is 13.8 Å². The van der Waals surface area contributed by atoms with Crippen molar-refractivity contribution in [3.8, 4) is 0 Å². The number of carbonyl (C=O) groups is 1. The fourth-order valence-electron chi connectivity index (χ4n) is 3.04. The van der Waals surface area contributed by atoms with E-state index in [1.165, 1.54) is 40.5 Å². The smallest absolute Gasteiger partial charge is 0.251 e. The van der Waals surface area contributed by atoms with Gasteiger partial charge in [-0.1, -0.05) is 39.0 Å². The first-order valence-electron chi connectivity index (χ1n) is 8.91. The Bertz CT molecular complexity index is 935. The van der Waals surface area contributed by atoms with Crippen molar-refractivity contribution in [1.29, 1.82) is 0 Å². The van der Waals surface area contributed by atoms with Crippen molar-refractivity contribution in [2.24, 2.45) is 5.14 Å². The van der Waals surface area contributed by atoms with Gasteiger partial charge in [-0.3, -0.25) is 4.79 Å². The number of carbonyl (C=O) groups excluding carboxylic acids is 1. The summed E-state index contributed by atoms with van der Waals surface area (Å²) < 4.78 is 22.9. The molecule has 0 bridgehead atoms. The summed E-state index contributed by atoms with van der Waals surface area (Å²) in [6, 6.07) is 10.2. The molecule has 0 spiro atoms. The molecule has 0 aliphatic carbocycles. The summed E-state index contributed by atoms with van der Waals surface area (Å²) in [5, 5.41) is 7.97. The number of amides is 1. The van der Waals surface area contributed by atoms with Gasteiger partial charge in [-0.25, -0.2) is 13.6 Å². The van der Waals surface area contributed by atoms with Gasteiger partial charge in [0.25, 0.3) is 5.91 Å². The van der Waals surface area contributed by atoms with Crippen LogP contribution in [0.4, 0.5) is 0 Å². The number of benzene rings is 2. The molecule has 0 heterocycles. The summed E-state index contributed by atoms with van der Waals surface area (Å²) in [4.78, 5) is 12.3. The Balaban J connectivity index is 2.08. The van der Waals surface area contributed by atoms with Crippen molar-refractivity contribution in [1.82, 2.24) is 5.32 Å². The summed E-state index contributed by atoms with van der Waals surface area (Å²) >= 11 is 0. The van der Waals surface area contributed by atoms with Crippen molar-refractivity contribution in [3.05, 3.63) is 64.2 Å². The molecule has 5 nitrogen and oxygen atoms in total.